The number of halogens is 2. The van der Waals surface area contributed by atoms with E-state index in [1.807, 2.05) is 7.05 Å². The number of carbonyl (C=O) groups excluding carboxylic acids is 2. The van der Waals surface area contributed by atoms with Crippen molar-refractivity contribution in [3.63, 3.8) is 0 Å². The molecule has 0 radical (unpaired) electrons. The molecule has 224 valence electrons. The second-order valence-electron chi connectivity index (χ2n) is 11.0. The lowest BCUT2D eigenvalue weighted by atomic mass is 10.0. The van der Waals surface area contributed by atoms with E-state index in [0.717, 1.165) is 32.0 Å². The molecule has 1 saturated heterocycles. The zero-order valence-corrected chi connectivity index (χ0v) is 23.5. The topological polar surface area (TPSA) is 144 Å². The Kier molecular flexibility index (Phi) is 7.44. The molecule has 4 N–H and O–H groups in total. The zero-order chi connectivity index (χ0) is 30.4. The number of piperidine rings is 1. The first kappa shape index (κ1) is 28.5. The molecule has 2 aliphatic rings. The highest BCUT2D eigenvalue weighted by atomic mass is 19.1. The first-order chi connectivity index (χ1) is 20.6. The van der Waals surface area contributed by atoms with Crippen LogP contribution in [0.3, 0.4) is 0 Å². The normalized spacial score (nSPS) is 16.6. The number of pyridine rings is 1. The third-order valence-electron chi connectivity index (χ3n) is 7.96. The van der Waals surface area contributed by atoms with Gasteiger partial charge in [0, 0.05) is 18.8 Å². The number of ether oxygens (including phenoxy) is 1. The van der Waals surface area contributed by atoms with Gasteiger partial charge >= 0.3 is 0 Å². The number of hydrogen-bond acceptors (Lipinski definition) is 8. The van der Waals surface area contributed by atoms with Gasteiger partial charge in [-0.15, -0.1) is 0 Å². The summed E-state index contributed by atoms with van der Waals surface area (Å²) in [7, 11) is 2.01. The lowest BCUT2D eigenvalue weighted by molar-refractivity contribution is 0.0516. The van der Waals surface area contributed by atoms with Crippen molar-refractivity contribution in [2.75, 3.05) is 38.6 Å². The molecule has 0 aliphatic carbocycles. The van der Waals surface area contributed by atoms with Gasteiger partial charge in [-0.3, -0.25) is 19.3 Å². The maximum Gasteiger partial charge on any atom is 0.261 e. The summed E-state index contributed by atoms with van der Waals surface area (Å²) in [5, 5.41) is 13.4. The molecule has 4 aromatic rings. The quantitative estimate of drug-likeness (QED) is 0.229. The Hall–Kier alpha value is -4.62. The molecule has 4 heterocycles. The number of aromatic amines is 2. The lowest BCUT2D eigenvalue weighted by Crippen LogP contribution is -2.46. The molecule has 0 bridgehead atoms. The summed E-state index contributed by atoms with van der Waals surface area (Å²) in [6.07, 6.45) is 1.67. The van der Waals surface area contributed by atoms with E-state index < -0.39 is 35.7 Å². The third-order valence-corrected chi connectivity index (χ3v) is 7.96. The van der Waals surface area contributed by atoms with Crippen molar-refractivity contribution in [2.24, 2.45) is 0 Å². The predicted molar refractivity (Wildman–Crippen MR) is 154 cm³/mol. The van der Waals surface area contributed by atoms with Gasteiger partial charge in [0.1, 0.15) is 24.1 Å². The Morgan fingerprint density at radius 3 is 2.58 bits per heavy atom. The fraction of sp³-hybridized carbons (Fsp3) is 0.333. The number of benzene rings is 2. The number of aliphatic hydroxyl groups excluding tert-OH is 1. The van der Waals surface area contributed by atoms with E-state index in [4.69, 9.17) is 4.74 Å². The minimum atomic E-state index is -1.19. The molecule has 0 saturated carbocycles. The first-order valence-corrected chi connectivity index (χ1v) is 13.9. The number of nitrogens with one attached hydrogen (secondary N) is 3. The number of imide groups is 1. The molecule has 43 heavy (non-hydrogen) atoms. The summed E-state index contributed by atoms with van der Waals surface area (Å²) in [6.45, 7) is 2.56. The highest BCUT2D eigenvalue weighted by molar-refractivity contribution is 6.23. The number of anilines is 1. The second kappa shape index (κ2) is 11.2. The van der Waals surface area contributed by atoms with E-state index in [1.165, 1.54) is 24.1 Å². The molecule has 2 amide bonds. The van der Waals surface area contributed by atoms with Crippen LogP contribution in [-0.4, -0.2) is 87.1 Å². The molecule has 1 unspecified atom stereocenters. The van der Waals surface area contributed by atoms with E-state index >= 15 is 0 Å². The predicted octanol–water partition coefficient (Wildman–Crippen LogP) is 3.05. The van der Waals surface area contributed by atoms with E-state index in [0.29, 0.717) is 16.7 Å². The number of aliphatic hydroxyl groups is 1. The Balaban J connectivity index is 1.21. The summed E-state index contributed by atoms with van der Waals surface area (Å²) < 4.78 is 33.4. The Morgan fingerprint density at radius 2 is 1.84 bits per heavy atom. The Morgan fingerprint density at radius 1 is 1.12 bits per heavy atom. The van der Waals surface area contributed by atoms with E-state index in [1.54, 1.807) is 18.2 Å². The zero-order valence-electron chi connectivity index (χ0n) is 23.5. The van der Waals surface area contributed by atoms with Gasteiger partial charge in [0.15, 0.2) is 17.4 Å². The van der Waals surface area contributed by atoms with Crippen molar-refractivity contribution in [3.05, 3.63) is 75.2 Å². The Labute approximate surface area is 244 Å². The van der Waals surface area contributed by atoms with Crippen LogP contribution < -0.4 is 15.6 Å². The SMILES string of the molecule is Cc1ccc(F)c(OCC(O)CNc2cc[nH]c(=O)c2-c2nc3cc4c(cc3[nH]2)C(=O)N(C2CCN(C)CC2)C4=O)c1F. The van der Waals surface area contributed by atoms with E-state index in [2.05, 4.69) is 25.2 Å². The van der Waals surface area contributed by atoms with Crippen LogP contribution in [0, 0.1) is 18.6 Å². The average molecular weight is 593 g/mol. The second-order valence-corrected chi connectivity index (χ2v) is 11.0. The van der Waals surface area contributed by atoms with Gasteiger partial charge in [-0.2, -0.15) is 0 Å². The monoisotopic (exact) mass is 592 g/mol. The van der Waals surface area contributed by atoms with Crippen LogP contribution >= 0.6 is 0 Å². The van der Waals surface area contributed by atoms with Crippen molar-refractivity contribution in [1.82, 2.24) is 24.8 Å². The standard InChI is InChI=1S/C30H30F2N6O5/c1-15-3-4-20(31)26(25(15)32)43-14-17(39)13-34-21-5-8-33-28(40)24(21)27-35-22-11-18-19(12-23(22)36-27)30(42)38(29(18)41)16-6-9-37(2)10-7-16/h3-5,8,11-12,16-17,39H,6-7,9-10,13-14H2,1-2H3,(H,35,36)(H2,33,34,40). The van der Waals surface area contributed by atoms with Crippen molar-refractivity contribution in [2.45, 2.75) is 31.9 Å². The highest BCUT2D eigenvalue weighted by Crippen LogP contribution is 2.33. The van der Waals surface area contributed by atoms with E-state index in [-0.39, 0.29) is 52.5 Å². The van der Waals surface area contributed by atoms with Gasteiger partial charge < -0.3 is 30.0 Å². The maximum absolute atomic E-state index is 14.2. The third kappa shape index (κ3) is 5.25. The molecule has 1 fully saturated rings. The summed E-state index contributed by atoms with van der Waals surface area (Å²) >= 11 is 0. The van der Waals surface area contributed by atoms with Crippen LogP contribution in [0.1, 0.15) is 39.1 Å². The number of nitrogens with zero attached hydrogens (tertiary/aromatic N) is 3. The van der Waals surface area contributed by atoms with Gasteiger partial charge in [-0.25, -0.2) is 13.8 Å². The molecule has 2 aromatic heterocycles. The van der Waals surface area contributed by atoms with Crippen molar-refractivity contribution >= 4 is 28.5 Å². The molecule has 2 aliphatic heterocycles. The number of amides is 2. The Bertz CT molecular complexity index is 1740. The molecule has 1 atom stereocenters. The number of aryl methyl sites for hydroxylation is 1. The number of imidazole rings is 1. The van der Waals surface area contributed by atoms with Crippen LogP contribution in [0.2, 0.25) is 0 Å². The highest BCUT2D eigenvalue weighted by Gasteiger charge is 2.41. The molecule has 13 heteroatoms. The number of H-pyrrole nitrogens is 2. The van der Waals surface area contributed by atoms with Gasteiger partial charge in [0.2, 0.25) is 0 Å². The minimum Gasteiger partial charge on any atom is -0.485 e. The molecule has 11 nitrogen and oxygen atoms in total. The van der Waals surface area contributed by atoms with Crippen molar-refractivity contribution in [3.8, 4) is 17.1 Å². The maximum atomic E-state index is 14.2. The number of aromatic nitrogens is 3. The van der Waals surface area contributed by atoms with Gasteiger partial charge in [0.05, 0.1) is 27.8 Å². The van der Waals surface area contributed by atoms with Crippen LogP contribution in [0.15, 0.2) is 41.3 Å². The summed E-state index contributed by atoms with van der Waals surface area (Å²) in [4.78, 5) is 53.2. The van der Waals surface area contributed by atoms with Crippen LogP contribution in [0.5, 0.6) is 5.75 Å². The lowest BCUT2D eigenvalue weighted by Gasteiger charge is -2.33. The fourth-order valence-corrected chi connectivity index (χ4v) is 5.56. The van der Waals surface area contributed by atoms with Crippen molar-refractivity contribution in [1.29, 1.82) is 0 Å². The molecule has 2 aromatic carbocycles. The average Bonchev–Trinajstić information content (AvgIpc) is 3.50. The van der Waals surface area contributed by atoms with Gasteiger partial charge in [-0.05, 0) is 69.7 Å². The molecular formula is C30H30F2N6O5. The number of rotatable bonds is 8. The summed E-state index contributed by atoms with van der Waals surface area (Å²) in [5.41, 5.74) is 1.63. The van der Waals surface area contributed by atoms with Gasteiger partial charge in [-0.1, -0.05) is 6.07 Å². The van der Waals surface area contributed by atoms with Crippen LogP contribution in [0.25, 0.3) is 22.4 Å². The minimum absolute atomic E-state index is 0.115. The smallest absolute Gasteiger partial charge is 0.261 e. The number of likely N-dealkylation sites (tertiary alicyclic amines) is 1. The molecule has 6 rings (SSSR count). The first-order valence-electron chi connectivity index (χ1n) is 13.9. The fourth-order valence-electron chi connectivity index (χ4n) is 5.56. The van der Waals surface area contributed by atoms with Crippen LogP contribution in [0.4, 0.5) is 14.5 Å². The summed E-state index contributed by atoms with van der Waals surface area (Å²) in [6, 6.07) is 6.94. The summed E-state index contributed by atoms with van der Waals surface area (Å²) in [5.74, 6) is -2.79. The number of carbonyl (C=O) groups is 2. The van der Waals surface area contributed by atoms with Crippen molar-refractivity contribution < 1.29 is 28.2 Å². The van der Waals surface area contributed by atoms with Crippen LogP contribution in [-0.2, 0) is 0 Å². The largest absolute Gasteiger partial charge is 0.485 e. The van der Waals surface area contributed by atoms with E-state index in [9.17, 15) is 28.3 Å². The van der Waals surface area contributed by atoms with Gasteiger partial charge in [0.25, 0.3) is 17.4 Å². The number of fused-ring (bicyclic) bond motifs is 2. The number of hydrogen-bond donors (Lipinski definition) is 4. The molecule has 0 spiro atoms. The molecular weight excluding hydrogens is 562 g/mol.